The second kappa shape index (κ2) is 9.64. The lowest BCUT2D eigenvalue weighted by molar-refractivity contribution is -0.523. The van der Waals surface area contributed by atoms with Gasteiger partial charge in [0.05, 0.1) is 25.3 Å². The maximum absolute atomic E-state index is 8.74. The number of nitrogens with one attached hydrogen (secondary N) is 2. The van der Waals surface area contributed by atoms with E-state index >= 15 is 0 Å². The number of hydrogen-bond acceptors (Lipinski definition) is 4. The first-order valence-electron chi connectivity index (χ1n) is 6.29. The summed E-state index contributed by atoms with van der Waals surface area (Å²) in [5, 5.41) is 16.6. The summed E-state index contributed by atoms with van der Waals surface area (Å²) >= 11 is 3.35. The molecule has 104 valence electrons. The van der Waals surface area contributed by atoms with E-state index in [1.165, 1.54) is 11.5 Å². The third-order valence-corrected chi connectivity index (χ3v) is 4.03. The number of rotatable bonds is 7. The van der Waals surface area contributed by atoms with Gasteiger partial charge in [0.1, 0.15) is 0 Å². The van der Waals surface area contributed by atoms with Gasteiger partial charge in [-0.25, -0.2) is 0 Å². The average Bonchev–Trinajstić information content (AvgIpc) is 2.92. The molecule has 0 bridgehead atoms. The Balaban J connectivity index is 2.41. The molecule has 0 spiro atoms. The normalized spacial score (nSPS) is 11.6. The summed E-state index contributed by atoms with van der Waals surface area (Å²) in [6, 6.07) is 2.06. The number of aromatic nitrogens is 1. The van der Waals surface area contributed by atoms with Crippen LogP contribution in [0.25, 0.3) is 0 Å². The van der Waals surface area contributed by atoms with Crippen LogP contribution in [0.1, 0.15) is 19.5 Å². The van der Waals surface area contributed by atoms with Crippen LogP contribution in [0.4, 0.5) is 0 Å². The second-order valence-corrected chi connectivity index (χ2v) is 5.51. The van der Waals surface area contributed by atoms with Gasteiger partial charge in [-0.1, -0.05) is 0 Å². The van der Waals surface area contributed by atoms with Crippen molar-refractivity contribution in [1.29, 1.82) is 5.26 Å². The number of thioether (sulfide) groups is 1. The van der Waals surface area contributed by atoms with E-state index in [2.05, 4.69) is 32.6 Å². The van der Waals surface area contributed by atoms with Gasteiger partial charge in [-0.2, -0.15) is 26.7 Å². The van der Waals surface area contributed by atoms with Crippen molar-refractivity contribution in [2.75, 3.05) is 25.4 Å². The molecule has 0 fully saturated rings. The predicted octanol–water partition coefficient (Wildman–Crippen LogP) is 1.44. The standard InChI is InChI=1S/C12H19N5S2/c1-3-14-12(15-10-13)17(4-2)6-8-18-9-11-5-7-19-16-11/h5,7H,3-4,6,8-9H2,1-2H3,(H,14,15)/p+1. The number of nitriles is 1. The zero-order valence-electron chi connectivity index (χ0n) is 11.3. The van der Waals surface area contributed by atoms with Gasteiger partial charge < -0.3 is 0 Å². The molecule has 0 aliphatic carbocycles. The summed E-state index contributed by atoms with van der Waals surface area (Å²) < 4.78 is 6.42. The Morgan fingerprint density at radius 1 is 1.58 bits per heavy atom. The molecule has 0 saturated heterocycles. The zero-order chi connectivity index (χ0) is 13.9. The summed E-state index contributed by atoms with van der Waals surface area (Å²) in [5.74, 6) is 2.75. The van der Waals surface area contributed by atoms with E-state index in [0.717, 1.165) is 42.8 Å². The average molecular weight is 298 g/mol. The summed E-state index contributed by atoms with van der Waals surface area (Å²) in [5.41, 5.74) is 1.14. The fourth-order valence-electron chi connectivity index (χ4n) is 1.55. The predicted molar refractivity (Wildman–Crippen MR) is 81.4 cm³/mol. The molecule has 19 heavy (non-hydrogen) atoms. The van der Waals surface area contributed by atoms with E-state index in [-0.39, 0.29) is 0 Å². The molecule has 0 aliphatic heterocycles. The number of nitrogens with zero attached hydrogens (tertiary/aromatic N) is 3. The highest BCUT2D eigenvalue weighted by Gasteiger charge is 2.09. The quantitative estimate of drug-likeness (QED) is 0.199. The van der Waals surface area contributed by atoms with E-state index in [0.29, 0.717) is 0 Å². The van der Waals surface area contributed by atoms with E-state index in [4.69, 9.17) is 5.26 Å². The topological polar surface area (TPSA) is 63.7 Å². The molecule has 0 aliphatic rings. The minimum absolute atomic E-state index is 0.793. The van der Waals surface area contributed by atoms with Gasteiger partial charge in [0, 0.05) is 16.9 Å². The van der Waals surface area contributed by atoms with Crippen LogP contribution in [0, 0.1) is 11.5 Å². The molecule has 1 heterocycles. The number of hydrogen-bond donors (Lipinski definition) is 2. The van der Waals surface area contributed by atoms with Crippen LogP contribution in [0.5, 0.6) is 0 Å². The lowest BCUT2D eigenvalue weighted by atomic mass is 10.5. The minimum atomic E-state index is 0.793. The van der Waals surface area contributed by atoms with Crippen LogP contribution in [0.3, 0.4) is 0 Å². The van der Waals surface area contributed by atoms with Crippen LogP contribution >= 0.6 is 23.3 Å². The summed E-state index contributed by atoms with van der Waals surface area (Å²) in [6.07, 6.45) is 1.97. The molecule has 1 aromatic rings. The third-order valence-electron chi connectivity index (χ3n) is 2.46. The first kappa shape index (κ1) is 15.8. The van der Waals surface area contributed by atoms with Gasteiger partial charge in [0.25, 0.3) is 6.19 Å². The molecular formula is C12H20N5S2+. The van der Waals surface area contributed by atoms with Crippen molar-refractivity contribution in [2.24, 2.45) is 0 Å². The highest BCUT2D eigenvalue weighted by atomic mass is 32.2. The Bertz CT molecular complexity index is 422. The fourth-order valence-corrected chi connectivity index (χ4v) is 3.03. The summed E-state index contributed by atoms with van der Waals surface area (Å²) in [6.45, 7) is 6.68. The Labute approximate surface area is 122 Å². The van der Waals surface area contributed by atoms with Gasteiger partial charge >= 0.3 is 5.96 Å². The third kappa shape index (κ3) is 5.94. The molecule has 0 unspecified atom stereocenters. The van der Waals surface area contributed by atoms with Gasteiger partial charge in [-0.3, -0.25) is 9.89 Å². The second-order valence-electron chi connectivity index (χ2n) is 3.74. The minimum Gasteiger partial charge on any atom is -0.277 e. The van der Waals surface area contributed by atoms with Crippen LogP contribution in [0.2, 0.25) is 0 Å². The molecule has 7 heteroatoms. The SMILES string of the molecule is CCNC(NC#N)=[N+](CC)CCSCc1ccsn1. The summed E-state index contributed by atoms with van der Waals surface area (Å²) in [4.78, 5) is 0. The maximum atomic E-state index is 8.74. The van der Waals surface area contributed by atoms with Gasteiger partial charge in [-0.05, 0) is 31.4 Å². The van der Waals surface area contributed by atoms with E-state index in [9.17, 15) is 0 Å². The van der Waals surface area contributed by atoms with Crippen molar-refractivity contribution in [3.63, 3.8) is 0 Å². The Kier molecular flexibility index (Phi) is 8.02. The molecule has 0 aromatic carbocycles. The molecule has 2 N–H and O–H groups in total. The van der Waals surface area contributed by atoms with Crippen LogP contribution in [-0.2, 0) is 5.75 Å². The Hall–Kier alpha value is -1.26. The molecule has 0 atom stereocenters. The maximum Gasteiger partial charge on any atom is 0.360 e. The van der Waals surface area contributed by atoms with Crippen molar-refractivity contribution < 1.29 is 4.58 Å². The molecule has 0 radical (unpaired) electrons. The van der Waals surface area contributed by atoms with Crippen molar-refractivity contribution in [3.05, 3.63) is 17.1 Å². The first-order chi connectivity index (χ1) is 9.31. The first-order valence-corrected chi connectivity index (χ1v) is 8.28. The smallest absolute Gasteiger partial charge is 0.277 e. The van der Waals surface area contributed by atoms with E-state index in [1.807, 2.05) is 30.3 Å². The Morgan fingerprint density at radius 2 is 2.42 bits per heavy atom. The number of guanidine groups is 1. The fraction of sp³-hybridized carbons (Fsp3) is 0.583. The molecule has 0 amide bonds. The molecule has 5 nitrogen and oxygen atoms in total. The van der Waals surface area contributed by atoms with Gasteiger partial charge in [-0.15, -0.1) is 0 Å². The van der Waals surface area contributed by atoms with Crippen LogP contribution < -0.4 is 10.6 Å². The highest BCUT2D eigenvalue weighted by molar-refractivity contribution is 7.98. The van der Waals surface area contributed by atoms with E-state index in [1.54, 1.807) is 0 Å². The Morgan fingerprint density at radius 3 is 3.00 bits per heavy atom. The van der Waals surface area contributed by atoms with Gasteiger partial charge in [0.15, 0.2) is 0 Å². The zero-order valence-corrected chi connectivity index (χ0v) is 13.0. The highest BCUT2D eigenvalue weighted by Crippen LogP contribution is 2.11. The van der Waals surface area contributed by atoms with Crippen molar-refractivity contribution in [2.45, 2.75) is 19.6 Å². The van der Waals surface area contributed by atoms with E-state index < -0.39 is 0 Å². The lowest BCUT2D eigenvalue weighted by Gasteiger charge is -2.09. The molecule has 1 aromatic heterocycles. The van der Waals surface area contributed by atoms with Crippen LogP contribution in [0.15, 0.2) is 11.4 Å². The molecule has 0 saturated carbocycles. The van der Waals surface area contributed by atoms with Crippen molar-refractivity contribution in [3.8, 4) is 6.19 Å². The lowest BCUT2D eigenvalue weighted by Crippen LogP contribution is -2.43. The van der Waals surface area contributed by atoms with Crippen molar-refractivity contribution >= 4 is 29.3 Å². The van der Waals surface area contributed by atoms with Crippen molar-refractivity contribution in [1.82, 2.24) is 15.0 Å². The molecule has 1 rings (SSSR count). The largest absolute Gasteiger partial charge is 0.360 e. The van der Waals surface area contributed by atoms with Crippen LogP contribution in [-0.4, -0.2) is 40.3 Å². The monoisotopic (exact) mass is 298 g/mol. The summed E-state index contributed by atoms with van der Waals surface area (Å²) in [7, 11) is 0. The molecular weight excluding hydrogens is 278 g/mol. The van der Waals surface area contributed by atoms with Gasteiger partial charge in [0.2, 0.25) is 0 Å².